The lowest BCUT2D eigenvalue weighted by Gasteiger charge is -2.06. The van der Waals surface area contributed by atoms with Crippen molar-refractivity contribution in [3.05, 3.63) is 80.5 Å². The number of nitro groups is 1. The van der Waals surface area contributed by atoms with Gasteiger partial charge in [-0.25, -0.2) is 5.43 Å². The molecule has 0 aliphatic rings. The molecule has 33 heavy (non-hydrogen) atoms. The predicted octanol–water partition coefficient (Wildman–Crippen LogP) is 3.81. The molecule has 2 N–H and O–H groups in total. The van der Waals surface area contributed by atoms with Crippen LogP contribution in [0.4, 0.5) is 5.69 Å². The summed E-state index contributed by atoms with van der Waals surface area (Å²) < 4.78 is 10.8. The van der Waals surface area contributed by atoms with E-state index in [4.69, 9.17) is 32.4 Å². The summed E-state index contributed by atoms with van der Waals surface area (Å²) in [6.45, 7) is -0.593. The van der Waals surface area contributed by atoms with Crippen molar-refractivity contribution in [3.63, 3.8) is 0 Å². The fraction of sp³-hybridized carbons (Fsp3) is 0.0952. The zero-order valence-corrected chi connectivity index (χ0v) is 18.3. The second-order valence-corrected chi connectivity index (χ2v) is 7.31. The minimum Gasteiger partial charge on any atom is -0.484 e. The topological polar surface area (TPSA) is 136 Å². The molecule has 10 nitrogen and oxygen atoms in total. The van der Waals surface area contributed by atoms with E-state index in [-0.39, 0.29) is 40.9 Å². The maximum atomic E-state index is 11.8. The minimum absolute atomic E-state index is 0.204. The van der Waals surface area contributed by atoms with Gasteiger partial charge in [-0.2, -0.15) is 5.10 Å². The van der Waals surface area contributed by atoms with Crippen LogP contribution >= 0.6 is 23.2 Å². The van der Waals surface area contributed by atoms with Crippen molar-refractivity contribution < 1.29 is 23.7 Å². The highest BCUT2D eigenvalue weighted by Gasteiger charge is 2.18. The Morgan fingerprint density at radius 2 is 1.79 bits per heavy atom. The maximum Gasteiger partial charge on any atom is 0.281 e. The molecule has 3 aromatic rings. The Morgan fingerprint density at radius 1 is 1.06 bits per heavy atom. The van der Waals surface area contributed by atoms with E-state index in [9.17, 15) is 19.7 Å². The van der Waals surface area contributed by atoms with Crippen molar-refractivity contribution in [2.24, 2.45) is 5.10 Å². The number of hydrazone groups is 1. The molecule has 0 fully saturated rings. The van der Waals surface area contributed by atoms with Gasteiger partial charge < -0.3 is 14.5 Å². The van der Waals surface area contributed by atoms with Gasteiger partial charge in [-0.15, -0.1) is 0 Å². The first-order valence-electron chi connectivity index (χ1n) is 9.33. The van der Waals surface area contributed by atoms with Crippen LogP contribution in [0, 0.1) is 10.1 Å². The molecule has 0 saturated heterocycles. The normalized spacial score (nSPS) is 10.7. The zero-order chi connectivity index (χ0) is 23.8. The number of amides is 2. The fourth-order valence-electron chi connectivity index (χ4n) is 2.55. The second-order valence-electron chi connectivity index (χ2n) is 6.43. The number of hydrogen-bond acceptors (Lipinski definition) is 7. The molecule has 170 valence electrons. The standard InChI is InChI=1S/C21H16Cl2N4O6/c22-13-1-4-15(5-2-13)32-12-21(29)24-11-20(28)26-25-10-16-6-8-19(33-16)17-7-3-14(23)9-18(17)27(30)31/h1-10H,11-12H2,(H,24,29)(H,26,28)/b25-10-. The SMILES string of the molecule is O=C(COc1ccc(Cl)cc1)NCC(=O)N/N=C\c1ccc(-c2ccc(Cl)cc2[N+](=O)[O-])o1. The number of halogens is 2. The van der Waals surface area contributed by atoms with Crippen LogP contribution in [0.3, 0.4) is 0 Å². The van der Waals surface area contributed by atoms with Crippen molar-refractivity contribution in [3.8, 4) is 17.1 Å². The first-order valence-corrected chi connectivity index (χ1v) is 10.1. The summed E-state index contributed by atoms with van der Waals surface area (Å²) in [6.07, 6.45) is 1.22. The van der Waals surface area contributed by atoms with Gasteiger partial charge in [0.05, 0.1) is 23.2 Å². The van der Waals surface area contributed by atoms with Crippen LogP contribution in [-0.2, 0) is 9.59 Å². The lowest BCUT2D eigenvalue weighted by Crippen LogP contribution is -2.37. The molecule has 0 bridgehead atoms. The van der Waals surface area contributed by atoms with Crippen LogP contribution in [0.2, 0.25) is 10.0 Å². The largest absolute Gasteiger partial charge is 0.484 e. The van der Waals surface area contributed by atoms with E-state index in [1.165, 1.54) is 36.5 Å². The summed E-state index contributed by atoms with van der Waals surface area (Å²) in [4.78, 5) is 34.2. The molecule has 1 heterocycles. The molecule has 2 amide bonds. The summed E-state index contributed by atoms with van der Waals surface area (Å²) in [5.74, 6) is -0.130. The van der Waals surface area contributed by atoms with Gasteiger partial charge in [-0.05, 0) is 48.5 Å². The van der Waals surface area contributed by atoms with Gasteiger partial charge in [-0.1, -0.05) is 23.2 Å². The monoisotopic (exact) mass is 490 g/mol. The summed E-state index contributed by atoms with van der Waals surface area (Å²) >= 11 is 11.6. The van der Waals surface area contributed by atoms with Gasteiger partial charge in [0.15, 0.2) is 6.61 Å². The first kappa shape index (κ1) is 23.8. The zero-order valence-electron chi connectivity index (χ0n) is 16.8. The summed E-state index contributed by atoms with van der Waals surface area (Å²) in [5, 5.41) is 18.1. The lowest BCUT2D eigenvalue weighted by atomic mass is 10.1. The molecule has 12 heteroatoms. The number of carbonyl (C=O) groups excluding carboxylic acids is 2. The highest BCUT2D eigenvalue weighted by atomic mass is 35.5. The van der Waals surface area contributed by atoms with Crippen molar-refractivity contribution in [2.45, 2.75) is 0 Å². The Hall–Kier alpha value is -3.89. The Labute approximate surface area is 197 Å². The van der Waals surface area contributed by atoms with Gasteiger partial charge in [0.1, 0.15) is 17.3 Å². The summed E-state index contributed by atoms with van der Waals surface area (Å²) in [6, 6.07) is 13.7. The molecule has 0 saturated carbocycles. The van der Waals surface area contributed by atoms with Crippen LogP contribution in [0.25, 0.3) is 11.3 Å². The molecular formula is C21H16Cl2N4O6. The fourth-order valence-corrected chi connectivity index (χ4v) is 2.84. The number of rotatable bonds is 9. The number of nitro benzene ring substituents is 1. The molecule has 0 aliphatic heterocycles. The molecule has 0 unspecified atom stereocenters. The number of benzene rings is 2. The Morgan fingerprint density at radius 3 is 2.52 bits per heavy atom. The summed E-state index contributed by atoms with van der Waals surface area (Å²) in [7, 11) is 0. The molecule has 0 spiro atoms. The third-order valence-corrected chi connectivity index (χ3v) is 4.55. The first-order chi connectivity index (χ1) is 15.8. The van der Waals surface area contributed by atoms with Gasteiger partial charge in [0.2, 0.25) is 0 Å². The van der Waals surface area contributed by atoms with Gasteiger partial charge >= 0.3 is 0 Å². The maximum absolute atomic E-state index is 11.8. The van der Waals surface area contributed by atoms with E-state index >= 15 is 0 Å². The smallest absolute Gasteiger partial charge is 0.281 e. The number of ether oxygens (including phenoxy) is 1. The van der Waals surface area contributed by atoms with Gasteiger partial charge in [0.25, 0.3) is 17.5 Å². The molecular weight excluding hydrogens is 475 g/mol. The van der Waals surface area contributed by atoms with Gasteiger partial charge in [0, 0.05) is 16.1 Å². The van der Waals surface area contributed by atoms with E-state index in [0.717, 1.165) is 0 Å². The minimum atomic E-state index is -0.578. The number of furan rings is 1. The number of carbonyl (C=O) groups is 2. The van der Waals surface area contributed by atoms with Gasteiger partial charge in [-0.3, -0.25) is 19.7 Å². The summed E-state index contributed by atoms with van der Waals surface area (Å²) in [5.41, 5.74) is 2.27. The Kier molecular flexibility index (Phi) is 8.01. The molecule has 0 aliphatic carbocycles. The molecule has 1 aromatic heterocycles. The highest BCUT2D eigenvalue weighted by molar-refractivity contribution is 6.31. The lowest BCUT2D eigenvalue weighted by molar-refractivity contribution is -0.384. The van der Waals surface area contributed by atoms with Crippen molar-refractivity contribution in [2.75, 3.05) is 13.2 Å². The van der Waals surface area contributed by atoms with E-state index in [1.807, 2.05) is 0 Å². The molecule has 0 radical (unpaired) electrons. The van der Waals surface area contributed by atoms with Crippen molar-refractivity contribution in [1.82, 2.24) is 10.7 Å². The molecule has 0 atom stereocenters. The third-order valence-electron chi connectivity index (χ3n) is 4.06. The Balaban J connectivity index is 1.46. The van der Waals surface area contributed by atoms with E-state index < -0.39 is 16.7 Å². The predicted molar refractivity (Wildman–Crippen MR) is 122 cm³/mol. The molecule has 3 rings (SSSR count). The quantitative estimate of drug-likeness (QED) is 0.266. The number of hydrogen-bond donors (Lipinski definition) is 2. The number of nitrogens with zero attached hydrogens (tertiary/aromatic N) is 2. The van der Waals surface area contributed by atoms with Crippen LogP contribution in [0.5, 0.6) is 5.75 Å². The van der Waals surface area contributed by atoms with Crippen LogP contribution in [0.1, 0.15) is 5.76 Å². The van der Waals surface area contributed by atoms with Crippen molar-refractivity contribution in [1.29, 1.82) is 0 Å². The van der Waals surface area contributed by atoms with Crippen LogP contribution < -0.4 is 15.5 Å². The average molecular weight is 491 g/mol. The van der Waals surface area contributed by atoms with E-state index in [0.29, 0.717) is 10.8 Å². The molecule has 2 aromatic carbocycles. The highest BCUT2D eigenvalue weighted by Crippen LogP contribution is 2.33. The van der Waals surface area contributed by atoms with Crippen LogP contribution in [0.15, 0.2) is 64.1 Å². The van der Waals surface area contributed by atoms with Crippen LogP contribution in [-0.4, -0.2) is 36.1 Å². The van der Waals surface area contributed by atoms with E-state index in [2.05, 4.69) is 15.8 Å². The van der Waals surface area contributed by atoms with Crippen molar-refractivity contribution >= 4 is 46.9 Å². The number of nitrogens with one attached hydrogen (secondary N) is 2. The second kappa shape index (κ2) is 11.1. The van der Waals surface area contributed by atoms with E-state index in [1.54, 1.807) is 24.3 Å². The Bertz CT molecular complexity index is 1190. The third kappa shape index (κ3) is 7.06. The average Bonchev–Trinajstić information content (AvgIpc) is 3.26.